The Morgan fingerprint density at radius 3 is 2.29 bits per heavy atom. The highest BCUT2D eigenvalue weighted by molar-refractivity contribution is 5.92. The van der Waals surface area contributed by atoms with E-state index in [-0.39, 0.29) is 24.0 Å². The number of nitrogens with zero attached hydrogens (tertiary/aromatic N) is 2. The molecule has 0 atom stereocenters. The van der Waals surface area contributed by atoms with Crippen molar-refractivity contribution in [3.63, 3.8) is 0 Å². The largest absolute Gasteiger partial charge is 1.00 e. The molecule has 0 spiro atoms. The summed E-state index contributed by atoms with van der Waals surface area (Å²) in [6, 6.07) is 0. The van der Waals surface area contributed by atoms with Crippen molar-refractivity contribution in [2.75, 3.05) is 52.6 Å². The maximum Gasteiger partial charge on any atom is 0.178 e. The molecule has 3 aliphatic rings. The first-order valence-corrected chi connectivity index (χ1v) is 7.86. The molecule has 0 aromatic rings. The Bertz CT molecular complexity index is 418. The highest BCUT2D eigenvalue weighted by Gasteiger charge is 2.33. The molecule has 0 N–H and O–H groups in total. The number of halogens is 1. The lowest BCUT2D eigenvalue weighted by Gasteiger charge is -2.38. The summed E-state index contributed by atoms with van der Waals surface area (Å²) < 4.78 is 13.5. The van der Waals surface area contributed by atoms with Crippen LogP contribution in [0.4, 0.5) is 0 Å². The molecule has 0 aromatic heterocycles. The normalized spacial score (nSPS) is 26.2. The average molecular weight is 406 g/mol. The van der Waals surface area contributed by atoms with Crippen molar-refractivity contribution >= 4 is 5.71 Å². The summed E-state index contributed by atoms with van der Waals surface area (Å²) in [6.45, 7) is 12.4. The zero-order valence-electron chi connectivity index (χ0n) is 13.2. The molecule has 4 nitrogen and oxygen atoms in total. The molecule has 0 unspecified atom stereocenters. The molecule has 2 aliphatic heterocycles. The van der Waals surface area contributed by atoms with Crippen LogP contribution in [0.15, 0.2) is 11.8 Å². The zero-order valence-corrected chi connectivity index (χ0v) is 15.4. The van der Waals surface area contributed by atoms with E-state index in [1.54, 1.807) is 0 Å². The molecular formula is C16H27IN2O2. The molecule has 0 saturated carbocycles. The van der Waals surface area contributed by atoms with Crippen molar-refractivity contribution in [2.24, 2.45) is 5.41 Å². The minimum absolute atomic E-state index is 0. The fourth-order valence-electron chi connectivity index (χ4n) is 3.44. The van der Waals surface area contributed by atoms with Crippen molar-refractivity contribution in [2.45, 2.75) is 26.7 Å². The van der Waals surface area contributed by atoms with Gasteiger partial charge >= 0.3 is 0 Å². The molecule has 0 radical (unpaired) electrons. The SMILES string of the molecule is CC1(C)CC(N2CCOCC2)=CC(=[N+]2CCOCC2)C1.[I-]. The van der Waals surface area contributed by atoms with E-state index in [9.17, 15) is 0 Å². The van der Waals surface area contributed by atoms with E-state index in [4.69, 9.17) is 9.47 Å². The smallest absolute Gasteiger partial charge is 0.178 e. The van der Waals surface area contributed by atoms with Crippen molar-refractivity contribution in [1.82, 2.24) is 4.90 Å². The lowest BCUT2D eigenvalue weighted by Crippen LogP contribution is -3.00. The summed E-state index contributed by atoms with van der Waals surface area (Å²) in [6.07, 6.45) is 4.81. The first-order valence-electron chi connectivity index (χ1n) is 7.86. The van der Waals surface area contributed by atoms with Crippen LogP contribution in [0.25, 0.3) is 0 Å². The van der Waals surface area contributed by atoms with Gasteiger partial charge in [0.15, 0.2) is 18.8 Å². The lowest BCUT2D eigenvalue weighted by molar-refractivity contribution is -0.550. The number of morpholine rings is 2. The Kier molecular flexibility index (Phi) is 6.08. The Morgan fingerprint density at radius 2 is 1.62 bits per heavy atom. The number of ether oxygens (including phenoxy) is 2. The third-order valence-corrected chi connectivity index (χ3v) is 4.49. The first kappa shape index (κ1) is 17.2. The molecule has 2 saturated heterocycles. The first-order chi connectivity index (χ1) is 9.64. The quantitative estimate of drug-likeness (QED) is 0.392. The van der Waals surface area contributed by atoms with Crippen LogP contribution in [0, 0.1) is 5.41 Å². The Labute approximate surface area is 145 Å². The number of hydrogen-bond acceptors (Lipinski definition) is 3. The van der Waals surface area contributed by atoms with E-state index in [1.165, 1.54) is 24.3 Å². The minimum Gasteiger partial charge on any atom is -1.00 e. The lowest BCUT2D eigenvalue weighted by atomic mass is 9.78. The molecule has 5 heteroatoms. The van der Waals surface area contributed by atoms with Crippen molar-refractivity contribution < 1.29 is 38.0 Å². The van der Waals surface area contributed by atoms with Gasteiger partial charge in [0, 0.05) is 31.3 Å². The highest BCUT2D eigenvalue weighted by Crippen LogP contribution is 2.35. The van der Waals surface area contributed by atoms with Crippen LogP contribution in [0.5, 0.6) is 0 Å². The molecule has 0 amide bonds. The van der Waals surface area contributed by atoms with Crippen LogP contribution < -0.4 is 24.0 Å². The van der Waals surface area contributed by atoms with Gasteiger partial charge in [-0.1, -0.05) is 13.8 Å². The average Bonchev–Trinajstić information content (AvgIpc) is 2.47. The van der Waals surface area contributed by atoms with Gasteiger partial charge in [-0.2, -0.15) is 0 Å². The van der Waals surface area contributed by atoms with Gasteiger partial charge in [0.25, 0.3) is 0 Å². The maximum absolute atomic E-state index is 5.48. The monoisotopic (exact) mass is 406 g/mol. The fraction of sp³-hybridized carbons (Fsp3) is 0.812. The summed E-state index contributed by atoms with van der Waals surface area (Å²) in [4.78, 5) is 2.52. The summed E-state index contributed by atoms with van der Waals surface area (Å²) >= 11 is 0. The van der Waals surface area contributed by atoms with Gasteiger partial charge < -0.3 is 38.4 Å². The third kappa shape index (κ3) is 4.42. The van der Waals surface area contributed by atoms with Crippen LogP contribution in [-0.4, -0.2) is 67.8 Å². The fourth-order valence-corrected chi connectivity index (χ4v) is 3.44. The minimum atomic E-state index is 0. The molecule has 0 bridgehead atoms. The van der Waals surface area contributed by atoms with Crippen molar-refractivity contribution in [3.05, 3.63) is 11.8 Å². The highest BCUT2D eigenvalue weighted by atomic mass is 127. The number of hydrogen-bond donors (Lipinski definition) is 0. The van der Waals surface area contributed by atoms with Gasteiger partial charge in [-0.3, -0.25) is 0 Å². The topological polar surface area (TPSA) is 24.7 Å². The van der Waals surface area contributed by atoms with Crippen LogP contribution in [0.1, 0.15) is 26.7 Å². The molecule has 0 aromatic carbocycles. The van der Waals surface area contributed by atoms with Gasteiger partial charge in [-0.05, 0) is 11.8 Å². The van der Waals surface area contributed by atoms with Gasteiger partial charge in [-0.15, -0.1) is 0 Å². The van der Waals surface area contributed by atoms with Crippen molar-refractivity contribution in [1.29, 1.82) is 0 Å². The second-order valence-corrected chi connectivity index (χ2v) is 6.84. The van der Waals surface area contributed by atoms with E-state index in [1.807, 2.05) is 0 Å². The van der Waals surface area contributed by atoms with Crippen LogP contribution in [0.2, 0.25) is 0 Å². The molecule has 3 rings (SSSR count). The second kappa shape index (κ2) is 7.42. The summed E-state index contributed by atoms with van der Waals surface area (Å²) in [7, 11) is 0. The van der Waals surface area contributed by atoms with E-state index in [0.29, 0.717) is 5.41 Å². The number of rotatable bonds is 1. The van der Waals surface area contributed by atoms with E-state index in [0.717, 1.165) is 52.6 Å². The molecule has 2 fully saturated rings. The Hall–Kier alpha value is -0.140. The van der Waals surface area contributed by atoms with Gasteiger partial charge in [0.1, 0.15) is 13.2 Å². The molecule has 120 valence electrons. The van der Waals surface area contributed by atoms with E-state index >= 15 is 0 Å². The van der Waals surface area contributed by atoms with Crippen molar-refractivity contribution in [3.8, 4) is 0 Å². The predicted molar refractivity (Wildman–Crippen MR) is 79.3 cm³/mol. The van der Waals surface area contributed by atoms with Gasteiger partial charge in [0.2, 0.25) is 0 Å². The Morgan fingerprint density at radius 1 is 1.00 bits per heavy atom. The summed E-state index contributed by atoms with van der Waals surface area (Å²) in [5, 5.41) is 0. The van der Waals surface area contributed by atoms with E-state index in [2.05, 4.69) is 29.4 Å². The zero-order chi connectivity index (χ0) is 14.0. The van der Waals surface area contributed by atoms with E-state index < -0.39 is 0 Å². The maximum atomic E-state index is 5.48. The summed E-state index contributed by atoms with van der Waals surface area (Å²) in [5.41, 5.74) is 3.37. The van der Waals surface area contributed by atoms with Crippen LogP contribution in [-0.2, 0) is 9.47 Å². The van der Waals surface area contributed by atoms with Crippen LogP contribution >= 0.6 is 0 Å². The number of allylic oxidation sites excluding steroid dienone is 2. The predicted octanol–water partition coefficient (Wildman–Crippen LogP) is -1.49. The Balaban J connectivity index is 0.00000161. The molecule has 2 heterocycles. The standard InChI is InChI=1S/C16H27N2O2.HI/c1-16(2)12-14(17-3-7-19-8-4-17)11-15(13-16)18-5-9-20-10-6-18;/h11H,3-10,12-13H2,1-2H3;1H/q+1;/p-1. The van der Waals surface area contributed by atoms with Crippen LogP contribution in [0.3, 0.4) is 0 Å². The summed E-state index contributed by atoms with van der Waals surface area (Å²) in [5.74, 6) is 0. The molecular weight excluding hydrogens is 379 g/mol. The second-order valence-electron chi connectivity index (χ2n) is 6.84. The van der Waals surface area contributed by atoms with Gasteiger partial charge in [0.05, 0.1) is 13.2 Å². The third-order valence-electron chi connectivity index (χ3n) is 4.49. The molecule has 21 heavy (non-hydrogen) atoms. The van der Waals surface area contributed by atoms with Gasteiger partial charge in [-0.25, -0.2) is 4.58 Å². The molecule has 1 aliphatic carbocycles.